The van der Waals surface area contributed by atoms with E-state index in [-0.39, 0.29) is 40.5 Å². The highest BCUT2D eigenvalue weighted by Gasteiger charge is 2.25. The molecular formula is C25H26N2O7S. The number of ether oxygens (including phenoxy) is 3. The fourth-order valence-corrected chi connectivity index (χ4v) is 4.36. The number of methoxy groups -OCH3 is 3. The standard InChI is InChI=1S/C25H26N2O7S/c1-32-22-14-19(25(29)34-3)20(15-23(22)33-2)26-24(28)18-12-8-9-13-21(18)27(35(4,30)31)16-17-10-6-5-7-11-17/h5-15H,16H2,1-4H3,(H,26,28). The largest absolute Gasteiger partial charge is 0.493 e. The molecule has 0 fully saturated rings. The summed E-state index contributed by atoms with van der Waals surface area (Å²) in [5.41, 5.74) is 1.19. The second-order valence-corrected chi connectivity index (χ2v) is 9.38. The average molecular weight is 499 g/mol. The molecule has 0 aliphatic carbocycles. The number of hydrogen-bond acceptors (Lipinski definition) is 7. The molecule has 0 heterocycles. The molecule has 0 radical (unpaired) electrons. The number of nitrogens with zero attached hydrogens (tertiary/aromatic N) is 1. The number of nitrogens with one attached hydrogen (secondary N) is 1. The number of amides is 1. The molecule has 0 aliphatic heterocycles. The number of carbonyl (C=O) groups is 2. The summed E-state index contributed by atoms with van der Waals surface area (Å²) in [6.45, 7) is 0.0355. The van der Waals surface area contributed by atoms with E-state index in [0.717, 1.165) is 16.1 Å². The average Bonchev–Trinajstić information content (AvgIpc) is 2.86. The van der Waals surface area contributed by atoms with E-state index in [1.165, 1.54) is 39.5 Å². The number of para-hydroxylation sites is 1. The van der Waals surface area contributed by atoms with Crippen molar-refractivity contribution in [3.05, 3.63) is 83.4 Å². The Balaban J connectivity index is 2.05. The Labute approximate surface area is 204 Å². The van der Waals surface area contributed by atoms with Gasteiger partial charge in [-0.05, 0) is 17.7 Å². The highest BCUT2D eigenvalue weighted by Crippen LogP contribution is 2.34. The number of anilines is 2. The van der Waals surface area contributed by atoms with Crippen molar-refractivity contribution in [3.8, 4) is 11.5 Å². The van der Waals surface area contributed by atoms with Crippen molar-refractivity contribution in [2.45, 2.75) is 6.54 Å². The van der Waals surface area contributed by atoms with Gasteiger partial charge in [-0.2, -0.15) is 0 Å². The summed E-state index contributed by atoms with van der Waals surface area (Å²) in [4.78, 5) is 25.8. The fourth-order valence-electron chi connectivity index (χ4n) is 3.46. The number of esters is 1. The molecule has 0 atom stereocenters. The molecule has 1 amide bonds. The van der Waals surface area contributed by atoms with Crippen molar-refractivity contribution in [1.82, 2.24) is 0 Å². The van der Waals surface area contributed by atoms with E-state index in [1.807, 2.05) is 6.07 Å². The third-order valence-electron chi connectivity index (χ3n) is 5.16. The number of carbonyl (C=O) groups excluding carboxylic acids is 2. The molecule has 0 unspecified atom stereocenters. The third kappa shape index (κ3) is 5.90. The number of benzene rings is 3. The molecule has 3 aromatic rings. The van der Waals surface area contributed by atoms with Gasteiger partial charge in [0.15, 0.2) is 11.5 Å². The normalized spacial score (nSPS) is 10.9. The summed E-state index contributed by atoms with van der Waals surface area (Å²) in [5.74, 6) is -0.765. The minimum absolute atomic E-state index is 0.0355. The molecule has 35 heavy (non-hydrogen) atoms. The van der Waals surface area contributed by atoms with E-state index in [0.29, 0.717) is 0 Å². The maximum atomic E-state index is 13.4. The molecule has 0 spiro atoms. The molecule has 0 saturated carbocycles. The minimum Gasteiger partial charge on any atom is -0.493 e. The van der Waals surface area contributed by atoms with Crippen LogP contribution in [-0.2, 0) is 21.3 Å². The molecule has 184 valence electrons. The quantitative estimate of drug-likeness (QED) is 0.448. The van der Waals surface area contributed by atoms with Crippen LogP contribution in [0.1, 0.15) is 26.3 Å². The molecule has 1 N–H and O–H groups in total. The smallest absolute Gasteiger partial charge is 0.340 e. The highest BCUT2D eigenvalue weighted by atomic mass is 32.2. The first-order valence-corrected chi connectivity index (χ1v) is 12.3. The Morgan fingerprint density at radius 3 is 2.06 bits per heavy atom. The molecule has 0 bridgehead atoms. The first-order valence-electron chi connectivity index (χ1n) is 10.5. The Morgan fingerprint density at radius 1 is 0.857 bits per heavy atom. The molecule has 0 aromatic heterocycles. The van der Waals surface area contributed by atoms with Crippen LogP contribution < -0.4 is 19.1 Å². The van der Waals surface area contributed by atoms with Gasteiger partial charge in [-0.25, -0.2) is 13.2 Å². The van der Waals surface area contributed by atoms with Crippen molar-refractivity contribution < 1.29 is 32.2 Å². The van der Waals surface area contributed by atoms with Gasteiger partial charge >= 0.3 is 5.97 Å². The molecule has 3 rings (SSSR count). The molecule has 0 aliphatic rings. The molecular weight excluding hydrogens is 472 g/mol. The lowest BCUT2D eigenvalue weighted by Gasteiger charge is -2.25. The Morgan fingerprint density at radius 2 is 1.46 bits per heavy atom. The Hall–Kier alpha value is -4.05. The van der Waals surface area contributed by atoms with Crippen LogP contribution in [0.15, 0.2) is 66.7 Å². The van der Waals surface area contributed by atoms with Gasteiger partial charge in [-0.15, -0.1) is 0 Å². The SMILES string of the molecule is COC(=O)c1cc(OC)c(OC)cc1NC(=O)c1ccccc1N(Cc1ccccc1)S(C)(=O)=O. The summed E-state index contributed by atoms with van der Waals surface area (Å²) in [5, 5.41) is 2.68. The maximum Gasteiger partial charge on any atom is 0.340 e. The van der Waals surface area contributed by atoms with Crippen LogP contribution >= 0.6 is 0 Å². The van der Waals surface area contributed by atoms with Crippen molar-refractivity contribution in [3.63, 3.8) is 0 Å². The van der Waals surface area contributed by atoms with Crippen LogP contribution in [0.2, 0.25) is 0 Å². The second-order valence-electron chi connectivity index (χ2n) is 7.47. The number of rotatable bonds is 9. The van der Waals surface area contributed by atoms with Gasteiger partial charge in [-0.3, -0.25) is 9.10 Å². The maximum absolute atomic E-state index is 13.4. The first kappa shape index (κ1) is 25.6. The van der Waals surface area contributed by atoms with Gasteiger partial charge in [0.1, 0.15) is 0 Å². The monoisotopic (exact) mass is 498 g/mol. The minimum atomic E-state index is -3.75. The zero-order chi connectivity index (χ0) is 25.6. The van der Waals surface area contributed by atoms with E-state index < -0.39 is 21.9 Å². The summed E-state index contributed by atoms with van der Waals surface area (Å²) in [7, 11) is 0.306. The van der Waals surface area contributed by atoms with Crippen LogP contribution in [0, 0.1) is 0 Å². The van der Waals surface area contributed by atoms with Gasteiger partial charge in [0.2, 0.25) is 10.0 Å². The Kier molecular flexibility index (Phi) is 7.98. The number of hydrogen-bond donors (Lipinski definition) is 1. The number of sulfonamides is 1. The van der Waals surface area contributed by atoms with E-state index >= 15 is 0 Å². The lowest BCUT2D eigenvalue weighted by Crippen LogP contribution is -2.31. The summed E-state index contributed by atoms with van der Waals surface area (Å²) < 4.78 is 41.9. The predicted octanol–water partition coefficient (Wildman–Crippen LogP) is 3.71. The molecule has 3 aromatic carbocycles. The van der Waals surface area contributed by atoms with Crippen LogP contribution in [0.3, 0.4) is 0 Å². The van der Waals surface area contributed by atoms with E-state index in [2.05, 4.69) is 5.32 Å². The topological polar surface area (TPSA) is 111 Å². The summed E-state index contributed by atoms with van der Waals surface area (Å²) in [6, 6.07) is 18.2. The summed E-state index contributed by atoms with van der Waals surface area (Å²) in [6.07, 6.45) is 1.08. The van der Waals surface area contributed by atoms with Crippen LogP contribution in [-0.4, -0.2) is 47.9 Å². The first-order chi connectivity index (χ1) is 16.7. The van der Waals surface area contributed by atoms with Gasteiger partial charge in [-0.1, -0.05) is 42.5 Å². The molecule has 0 saturated heterocycles. The summed E-state index contributed by atoms with van der Waals surface area (Å²) >= 11 is 0. The van der Waals surface area contributed by atoms with Crippen molar-refractivity contribution in [2.24, 2.45) is 0 Å². The zero-order valence-corrected chi connectivity index (χ0v) is 20.6. The van der Waals surface area contributed by atoms with Gasteiger partial charge in [0.05, 0.1) is 56.6 Å². The van der Waals surface area contributed by atoms with E-state index in [1.54, 1.807) is 42.5 Å². The molecule has 9 nitrogen and oxygen atoms in total. The van der Waals surface area contributed by atoms with Gasteiger partial charge in [0.25, 0.3) is 5.91 Å². The zero-order valence-electron chi connectivity index (χ0n) is 19.8. The molecule has 10 heteroatoms. The second kappa shape index (κ2) is 10.9. The van der Waals surface area contributed by atoms with Gasteiger partial charge in [0, 0.05) is 12.1 Å². The Bertz CT molecular complexity index is 1320. The lowest BCUT2D eigenvalue weighted by atomic mass is 10.1. The van der Waals surface area contributed by atoms with Crippen LogP contribution in [0.5, 0.6) is 11.5 Å². The lowest BCUT2D eigenvalue weighted by molar-refractivity contribution is 0.0601. The predicted molar refractivity (Wildman–Crippen MR) is 133 cm³/mol. The van der Waals surface area contributed by atoms with E-state index in [4.69, 9.17) is 14.2 Å². The van der Waals surface area contributed by atoms with Crippen LogP contribution in [0.4, 0.5) is 11.4 Å². The highest BCUT2D eigenvalue weighted by molar-refractivity contribution is 7.92. The fraction of sp³-hybridized carbons (Fsp3) is 0.200. The van der Waals surface area contributed by atoms with Crippen molar-refractivity contribution in [1.29, 1.82) is 0 Å². The van der Waals surface area contributed by atoms with Gasteiger partial charge < -0.3 is 19.5 Å². The van der Waals surface area contributed by atoms with E-state index in [9.17, 15) is 18.0 Å². The van der Waals surface area contributed by atoms with Crippen molar-refractivity contribution >= 4 is 33.3 Å². The van der Waals surface area contributed by atoms with Crippen molar-refractivity contribution in [2.75, 3.05) is 37.2 Å². The van der Waals surface area contributed by atoms with Crippen LogP contribution in [0.25, 0.3) is 0 Å². The third-order valence-corrected chi connectivity index (χ3v) is 6.29.